The number of benzene rings is 3. The Hall–Kier alpha value is -5.78. The van der Waals surface area contributed by atoms with Gasteiger partial charge < -0.3 is 49.3 Å². The van der Waals surface area contributed by atoms with Crippen LogP contribution >= 0.6 is 0 Å². The second kappa shape index (κ2) is 18.4. The highest BCUT2D eigenvalue weighted by atomic mass is 28.3. The van der Waals surface area contributed by atoms with Crippen LogP contribution in [0, 0.1) is 11.8 Å². The first-order valence-corrected chi connectivity index (χ1v) is 25.9. The van der Waals surface area contributed by atoms with Gasteiger partial charge in [0.1, 0.15) is 23.7 Å². The molecule has 4 atom stereocenters. The molecule has 0 unspecified atom stereocenters. The van der Waals surface area contributed by atoms with Gasteiger partial charge in [-0.05, 0) is 85.1 Å². The molecule has 0 spiro atoms. The van der Waals surface area contributed by atoms with Crippen LogP contribution in [-0.2, 0) is 28.5 Å². The lowest BCUT2D eigenvalue weighted by molar-refractivity contribution is -0.137. The number of amides is 4. The number of nitrogens with zero attached hydrogens (tertiary/aromatic N) is 4. The van der Waals surface area contributed by atoms with Crippen LogP contribution in [0.5, 0.6) is 0 Å². The van der Waals surface area contributed by atoms with Crippen LogP contribution in [0.2, 0.25) is 19.1 Å². The summed E-state index contributed by atoms with van der Waals surface area (Å²) in [5, 5.41) is 7.76. The zero-order valence-electron chi connectivity index (χ0n) is 37.0. The second-order valence-corrected chi connectivity index (χ2v) is 23.5. The molecule has 17 heteroatoms. The molecule has 6 heterocycles. The summed E-state index contributed by atoms with van der Waals surface area (Å²) in [6.07, 6.45) is 5.69. The number of nitrogens with one attached hydrogen (secondary N) is 4. The SMILES string of the molecule is COC(=O)N[C@H](C(=O)N1C[Si](C)(C)C[C@H]1c1nc2c(ccc3cc(-c4ccc(-c5ncc([C@@H]6CCCN6C(=O)[C@H](NC(=O)OC)C6CCOCC6)[nH]5)cc4)ccc32)[nH]1)C1CCOCC1. The van der Waals surface area contributed by atoms with Gasteiger partial charge in [0.05, 0.1) is 57.3 Å². The molecule has 2 aromatic heterocycles. The third-order valence-corrected chi connectivity index (χ3v) is 16.4. The Bertz CT molecular complexity index is 2510. The summed E-state index contributed by atoms with van der Waals surface area (Å²) in [7, 11) is 0.814. The average molecular weight is 891 g/mol. The van der Waals surface area contributed by atoms with E-state index in [0.717, 1.165) is 74.7 Å². The van der Waals surface area contributed by atoms with Gasteiger partial charge in [-0.2, -0.15) is 0 Å². The smallest absolute Gasteiger partial charge is 0.407 e. The van der Waals surface area contributed by atoms with Crippen molar-refractivity contribution in [3.05, 3.63) is 72.3 Å². The molecule has 338 valence electrons. The summed E-state index contributed by atoms with van der Waals surface area (Å²) in [4.78, 5) is 74.1. The predicted molar refractivity (Wildman–Crippen MR) is 243 cm³/mol. The van der Waals surface area contributed by atoms with E-state index in [1.165, 1.54) is 14.2 Å². The fraction of sp³-hybridized carbons (Fsp3) is 0.489. The van der Waals surface area contributed by atoms with Crippen LogP contribution in [0.25, 0.3) is 44.3 Å². The Kier molecular flexibility index (Phi) is 12.5. The highest BCUT2D eigenvalue weighted by Crippen LogP contribution is 2.40. The molecule has 0 bridgehead atoms. The molecule has 4 saturated heterocycles. The number of carbonyl (C=O) groups is 4. The molecule has 4 aliphatic heterocycles. The van der Waals surface area contributed by atoms with Gasteiger partial charge in [0.25, 0.3) is 0 Å². The Morgan fingerprint density at radius 3 is 2.00 bits per heavy atom. The molecule has 5 aromatic rings. The van der Waals surface area contributed by atoms with Gasteiger partial charge in [-0.25, -0.2) is 19.6 Å². The van der Waals surface area contributed by atoms with Gasteiger partial charge in [0, 0.05) is 50.1 Å². The largest absolute Gasteiger partial charge is 0.453 e. The summed E-state index contributed by atoms with van der Waals surface area (Å²) >= 11 is 0. The lowest BCUT2D eigenvalue weighted by atomic mass is 9.90. The second-order valence-electron chi connectivity index (χ2n) is 18.5. The lowest BCUT2D eigenvalue weighted by Gasteiger charge is -2.34. The molecular formula is C47H58N8O8Si. The first-order chi connectivity index (χ1) is 31.0. The van der Waals surface area contributed by atoms with Crippen LogP contribution in [-0.4, -0.2) is 127 Å². The van der Waals surface area contributed by atoms with Crippen LogP contribution in [0.4, 0.5) is 9.59 Å². The van der Waals surface area contributed by atoms with Crippen molar-refractivity contribution in [1.82, 2.24) is 40.4 Å². The van der Waals surface area contributed by atoms with Gasteiger partial charge in [-0.1, -0.05) is 55.6 Å². The number of rotatable bonds is 10. The van der Waals surface area contributed by atoms with E-state index in [0.29, 0.717) is 64.8 Å². The van der Waals surface area contributed by atoms with Crippen molar-refractivity contribution in [3.63, 3.8) is 0 Å². The van der Waals surface area contributed by atoms with E-state index in [-0.39, 0.29) is 35.7 Å². The summed E-state index contributed by atoms with van der Waals surface area (Å²) in [6.45, 7) is 7.43. The molecular weight excluding hydrogens is 833 g/mol. The number of methoxy groups -OCH3 is 2. The van der Waals surface area contributed by atoms with E-state index in [1.54, 1.807) is 0 Å². The normalized spacial score (nSPS) is 21.5. The third-order valence-electron chi connectivity index (χ3n) is 13.7. The summed E-state index contributed by atoms with van der Waals surface area (Å²) in [5.41, 5.74) is 5.67. The van der Waals surface area contributed by atoms with Gasteiger partial charge in [-0.15, -0.1) is 0 Å². The maximum absolute atomic E-state index is 14.4. The maximum atomic E-state index is 14.4. The quantitative estimate of drug-likeness (QED) is 0.108. The fourth-order valence-corrected chi connectivity index (χ4v) is 13.2. The topological polar surface area (TPSA) is 193 Å². The summed E-state index contributed by atoms with van der Waals surface area (Å²) in [6, 6.07) is 17.9. The van der Waals surface area contributed by atoms with Crippen molar-refractivity contribution in [2.24, 2.45) is 11.8 Å². The summed E-state index contributed by atoms with van der Waals surface area (Å²) in [5.74, 6) is 1.22. The Morgan fingerprint density at radius 2 is 1.36 bits per heavy atom. The number of likely N-dealkylation sites (tertiary alicyclic amines) is 1. The minimum absolute atomic E-state index is 0.0271. The Morgan fingerprint density at radius 1 is 0.750 bits per heavy atom. The van der Waals surface area contributed by atoms with E-state index in [9.17, 15) is 19.2 Å². The number of ether oxygens (including phenoxy) is 4. The first-order valence-electron chi connectivity index (χ1n) is 22.5. The van der Waals surface area contributed by atoms with E-state index in [1.807, 2.05) is 16.0 Å². The number of carbonyl (C=O) groups excluding carboxylic acids is 4. The van der Waals surface area contributed by atoms with Gasteiger partial charge in [0.15, 0.2) is 0 Å². The molecule has 4 amide bonds. The van der Waals surface area contributed by atoms with Crippen molar-refractivity contribution < 1.29 is 38.1 Å². The molecule has 9 rings (SSSR count). The van der Waals surface area contributed by atoms with E-state index >= 15 is 0 Å². The van der Waals surface area contributed by atoms with Crippen molar-refractivity contribution >= 4 is 53.9 Å². The van der Waals surface area contributed by atoms with Crippen LogP contribution in [0.3, 0.4) is 0 Å². The average Bonchev–Trinajstić information content (AvgIpc) is 4.16. The zero-order chi connectivity index (χ0) is 44.5. The maximum Gasteiger partial charge on any atom is 0.407 e. The predicted octanol–water partition coefficient (Wildman–Crippen LogP) is 6.87. The van der Waals surface area contributed by atoms with Gasteiger partial charge >= 0.3 is 12.2 Å². The first kappa shape index (κ1) is 43.5. The van der Waals surface area contributed by atoms with Gasteiger partial charge in [-0.3, -0.25) is 9.59 Å². The number of hydrogen-bond acceptors (Lipinski definition) is 10. The van der Waals surface area contributed by atoms with E-state index in [2.05, 4.69) is 88.3 Å². The highest BCUT2D eigenvalue weighted by Gasteiger charge is 2.47. The van der Waals surface area contributed by atoms with Crippen molar-refractivity contribution in [3.8, 4) is 22.5 Å². The Balaban J connectivity index is 0.917. The number of aromatic nitrogens is 4. The number of fused-ring (bicyclic) bond motifs is 3. The molecule has 16 nitrogen and oxygen atoms in total. The minimum atomic E-state index is -1.82. The van der Waals surface area contributed by atoms with Crippen molar-refractivity contribution in [2.45, 2.75) is 81.8 Å². The molecule has 0 radical (unpaired) electrons. The third kappa shape index (κ3) is 8.84. The number of alkyl carbamates (subject to hydrolysis) is 2. The fourth-order valence-electron chi connectivity index (χ4n) is 10.3. The molecule has 4 N–H and O–H groups in total. The number of hydrogen-bond donors (Lipinski definition) is 4. The standard InChI is InChI=1S/C47H58N8O8Si/c1-60-46(58)52-39(29-15-20-62-21-16-29)44(56)54-19-5-6-37(54)36-25-48-42(50-36)31-9-7-28(8-10-31)32-11-13-34-33(24-32)12-14-35-41(34)51-43(49-35)38-26-64(3,4)27-55(38)45(57)40(53-47(59)61-2)30-17-22-63-23-18-30/h7-14,24-25,29-30,37-40H,5-6,15-23,26-27H2,1-4H3,(H,48,50)(H,49,51)(H,52,58)(H,53,59)/t37-,38-,39+,40-/m0/s1. The van der Waals surface area contributed by atoms with E-state index < -0.39 is 32.3 Å². The number of H-pyrrole nitrogens is 2. The van der Waals surface area contributed by atoms with Gasteiger partial charge in [0.2, 0.25) is 11.8 Å². The molecule has 64 heavy (non-hydrogen) atoms. The van der Waals surface area contributed by atoms with Crippen LogP contribution < -0.4 is 10.6 Å². The lowest BCUT2D eigenvalue weighted by Crippen LogP contribution is -2.53. The Labute approximate surface area is 373 Å². The number of aromatic amines is 2. The van der Waals surface area contributed by atoms with Crippen LogP contribution in [0.15, 0.2) is 60.8 Å². The van der Waals surface area contributed by atoms with Crippen molar-refractivity contribution in [1.29, 1.82) is 0 Å². The zero-order valence-corrected chi connectivity index (χ0v) is 38.0. The molecule has 0 aliphatic carbocycles. The molecule has 0 saturated carbocycles. The number of imidazole rings is 2. The monoisotopic (exact) mass is 890 g/mol. The minimum Gasteiger partial charge on any atom is -0.453 e. The molecule has 3 aromatic carbocycles. The molecule has 4 aliphatic rings. The van der Waals surface area contributed by atoms with Crippen molar-refractivity contribution in [2.75, 3.05) is 53.4 Å². The molecule has 4 fully saturated rings. The van der Waals surface area contributed by atoms with E-state index in [4.69, 9.17) is 28.9 Å². The van der Waals surface area contributed by atoms with Crippen LogP contribution in [0.1, 0.15) is 62.1 Å². The highest BCUT2D eigenvalue weighted by molar-refractivity contribution is 6.78. The summed E-state index contributed by atoms with van der Waals surface area (Å²) < 4.78 is 20.9.